The van der Waals surface area contributed by atoms with E-state index in [4.69, 9.17) is 11.0 Å². The number of nitriles is 1. The molecule has 0 fully saturated rings. The third kappa shape index (κ3) is 7.35. The fourth-order valence-corrected chi connectivity index (χ4v) is 1.28. The summed E-state index contributed by atoms with van der Waals surface area (Å²) in [5.74, 6) is -0.515. The number of para-hydroxylation sites is 2. The van der Waals surface area contributed by atoms with E-state index in [-0.39, 0.29) is 42.2 Å². The molecule has 3 N–H and O–H groups in total. The molecule has 0 atom stereocenters. The van der Waals surface area contributed by atoms with Crippen molar-refractivity contribution >= 4 is 35.6 Å². The highest BCUT2D eigenvalue weighted by molar-refractivity contribution is 14.0. The topological polar surface area (TPSA) is 83.4 Å². The average Bonchev–Trinajstić information content (AvgIpc) is 2.37. The summed E-state index contributed by atoms with van der Waals surface area (Å²) >= 11 is 0. The predicted octanol–water partition coefficient (Wildman–Crippen LogP) is 3.48. The van der Waals surface area contributed by atoms with E-state index in [1.165, 1.54) is 18.2 Å². The van der Waals surface area contributed by atoms with Crippen molar-refractivity contribution in [2.45, 2.75) is 20.2 Å². The van der Waals surface area contributed by atoms with Crippen molar-refractivity contribution in [2.24, 2.45) is 16.1 Å². The Hall–Kier alpha value is -1.70. The van der Waals surface area contributed by atoms with Gasteiger partial charge in [-0.25, -0.2) is 0 Å². The Bertz CT molecular complexity index is 567. The molecule has 122 valence electrons. The summed E-state index contributed by atoms with van der Waals surface area (Å²) in [6.07, 6.45) is -4.80. The van der Waals surface area contributed by atoms with E-state index in [0.29, 0.717) is 0 Å². The molecule has 0 aromatic heterocycles. The van der Waals surface area contributed by atoms with Crippen molar-refractivity contribution in [3.05, 3.63) is 24.3 Å². The van der Waals surface area contributed by atoms with Crippen LogP contribution in [0.25, 0.3) is 0 Å². The first-order chi connectivity index (χ1) is 9.63. The number of anilines is 1. The van der Waals surface area contributed by atoms with Gasteiger partial charge in [-0.2, -0.15) is 5.26 Å². The number of alkyl halides is 3. The molecule has 9 heteroatoms. The monoisotopic (exact) mass is 428 g/mol. The summed E-state index contributed by atoms with van der Waals surface area (Å²) in [5.41, 5.74) is 4.91. The van der Waals surface area contributed by atoms with Crippen LogP contribution >= 0.6 is 24.0 Å². The molecule has 0 spiro atoms. The second-order valence-electron chi connectivity index (χ2n) is 4.87. The number of aliphatic imine (C=N–C) groups is 1. The first-order valence-corrected chi connectivity index (χ1v) is 5.96. The lowest BCUT2D eigenvalue weighted by Gasteiger charge is -2.15. The normalized spacial score (nSPS) is 12.1. The Morgan fingerprint density at radius 1 is 1.36 bits per heavy atom. The van der Waals surface area contributed by atoms with Crippen LogP contribution in [0.2, 0.25) is 0 Å². The van der Waals surface area contributed by atoms with Gasteiger partial charge in [-0.05, 0) is 26.0 Å². The van der Waals surface area contributed by atoms with Crippen molar-refractivity contribution in [3.8, 4) is 11.8 Å². The maximum Gasteiger partial charge on any atom is 0.573 e. The third-order valence-electron chi connectivity index (χ3n) is 2.32. The smallest absolute Gasteiger partial charge is 0.404 e. The molecule has 0 radical (unpaired) electrons. The lowest BCUT2D eigenvalue weighted by atomic mass is 9.96. The second-order valence-corrected chi connectivity index (χ2v) is 4.87. The van der Waals surface area contributed by atoms with Crippen LogP contribution in [0.1, 0.15) is 13.8 Å². The predicted molar refractivity (Wildman–Crippen MR) is 88.0 cm³/mol. The number of hydrogen-bond donors (Lipinski definition) is 2. The lowest BCUT2D eigenvalue weighted by Crippen LogP contribution is -2.26. The molecule has 0 saturated heterocycles. The molecular formula is C13H16F3IN4O. The molecule has 0 aliphatic carbocycles. The zero-order valence-corrected chi connectivity index (χ0v) is 14.3. The quantitative estimate of drug-likeness (QED) is 0.437. The van der Waals surface area contributed by atoms with Crippen LogP contribution in [0.3, 0.4) is 0 Å². The van der Waals surface area contributed by atoms with Gasteiger partial charge in [-0.3, -0.25) is 4.99 Å². The summed E-state index contributed by atoms with van der Waals surface area (Å²) in [7, 11) is 0. The number of halogens is 4. The van der Waals surface area contributed by atoms with Gasteiger partial charge in [-0.1, -0.05) is 12.1 Å². The first kappa shape index (κ1) is 20.3. The fourth-order valence-electron chi connectivity index (χ4n) is 1.28. The van der Waals surface area contributed by atoms with Crippen molar-refractivity contribution in [1.29, 1.82) is 5.26 Å². The highest BCUT2D eigenvalue weighted by atomic mass is 127. The second kappa shape index (κ2) is 8.07. The van der Waals surface area contributed by atoms with Gasteiger partial charge >= 0.3 is 6.36 Å². The molecule has 5 nitrogen and oxygen atoms in total. The Morgan fingerprint density at radius 2 is 1.95 bits per heavy atom. The number of rotatable bonds is 4. The van der Waals surface area contributed by atoms with E-state index < -0.39 is 17.5 Å². The summed E-state index contributed by atoms with van der Waals surface area (Å²) in [6, 6.07) is 7.50. The molecule has 1 aromatic carbocycles. The van der Waals surface area contributed by atoms with Crippen LogP contribution in [-0.4, -0.2) is 18.9 Å². The third-order valence-corrected chi connectivity index (χ3v) is 2.32. The summed E-state index contributed by atoms with van der Waals surface area (Å²) in [6.45, 7) is 3.46. The van der Waals surface area contributed by atoms with E-state index in [1.807, 2.05) is 6.07 Å². The van der Waals surface area contributed by atoms with Gasteiger partial charge in [0.2, 0.25) is 0 Å². The van der Waals surface area contributed by atoms with Gasteiger partial charge in [0.25, 0.3) is 0 Å². The van der Waals surface area contributed by atoms with Crippen LogP contribution in [-0.2, 0) is 0 Å². The summed E-state index contributed by atoms with van der Waals surface area (Å²) < 4.78 is 40.7. The first-order valence-electron chi connectivity index (χ1n) is 5.96. The number of nitrogens with zero attached hydrogens (tertiary/aromatic N) is 2. The van der Waals surface area contributed by atoms with E-state index in [1.54, 1.807) is 13.8 Å². The minimum Gasteiger partial charge on any atom is -0.404 e. The fraction of sp³-hybridized carbons (Fsp3) is 0.385. The summed E-state index contributed by atoms with van der Waals surface area (Å²) in [5, 5.41) is 11.4. The van der Waals surface area contributed by atoms with Crippen LogP contribution in [0.4, 0.5) is 18.9 Å². The number of guanidine groups is 1. The minimum atomic E-state index is -4.80. The molecule has 0 bridgehead atoms. The molecule has 0 aliphatic heterocycles. The van der Waals surface area contributed by atoms with E-state index >= 15 is 0 Å². The molecule has 0 saturated carbocycles. The zero-order valence-electron chi connectivity index (χ0n) is 11.9. The van der Waals surface area contributed by atoms with Gasteiger partial charge in [-0.15, -0.1) is 37.1 Å². The van der Waals surface area contributed by atoms with Crippen molar-refractivity contribution in [1.82, 2.24) is 0 Å². The highest BCUT2D eigenvalue weighted by Gasteiger charge is 2.32. The maximum absolute atomic E-state index is 12.3. The van der Waals surface area contributed by atoms with Gasteiger partial charge in [0.1, 0.15) is 0 Å². The van der Waals surface area contributed by atoms with Gasteiger partial charge in [0.15, 0.2) is 11.7 Å². The Morgan fingerprint density at radius 3 is 2.50 bits per heavy atom. The van der Waals surface area contributed by atoms with Crippen molar-refractivity contribution < 1.29 is 17.9 Å². The molecule has 0 heterocycles. The Kier molecular flexibility index (Phi) is 7.45. The van der Waals surface area contributed by atoms with E-state index in [9.17, 15) is 13.2 Å². The molecular weight excluding hydrogens is 412 g/mol. The number of nitrogens with one attached hydrogen (secondary N) is 1. The number of ether oxygens (including phenoxy) is 1. The van der Waals surface area contributed by atoms with Crippen molar-refractivity contribution in [2.75, 3.05) is 11.9 Å². The van der Waals surface area contributed by atoms with Crippen LogP contribution in [0.5, 0.6) is 5.75 Å². The van der Waals surface area contributed by atoms with Crippen LogP contribution < -0.4 is 15.8 Å². The average molecular weight is 428 g/mol. The van der Waals surface area contributed by atoms with E-state index in [0.717, 1.165) is 6.07 Å². The number of nitrogens with two attached hydrogens (primary N) is 1. The zero-order chi connectivity index (χ0) is 16.1. The lowest BCUT2D eigenvalue weighted by molar-refractivity contribution is -0.274. The number of benzene rings is 1. The Balaban J connectivity index is 0.00000441. The molecule has 0 aliphatic rings. The van der Waals surface area contributed by atoms with Gasteiger partial charge in [0.05, 0.1) is 23.7 Å². The van der Waals surface area contributed by atoms with Crippen molar-refractivity contribution in [3.63, 3.8) is 0 Å². The largest absolute Gasteiger partial charge is 0.573 e. The standard InChI is InChI=1S/C13H15F3N4O.HI/c1-12(2,7-17)8-19-11(18)20-9-5-3-4-6-10(9)21-13(14,15)16;/h3-6H,8H2,1-2H3,(H3,18,19,20);1H. The Labute approximate surface area is 143 Å². The maximum atomic E-state index is 12.3. The van der Waals surface area contributed by atoms with Crippen LogP contribution in [0, 0.1) is 16.7 Å². The molecule has 1 aromatic rings. The minimum absolute atomic E-state index is 0. The van der Waals surface area contributed by atoms with Gasteiger partial charge < -0.3 is 15.8 Å². The molecule has 22 heavy (non-hydrogen) atoms. The van der Waals surface area contributed by atoms with Crippen LogP contribution in [0.15, 0.2) is 29.3 Å². The summed E-state index contributed by atoms with van der Waals surface area (Å²) in [4.78, 5) is 3.92. The molecule has 0 unspecified atom stereocenters. The van der Waals surface area contributed by atoms with E-state index in [2.05, 4.69) is 15.0 Å². The molecule has 0 amide bonds. The SMILES string of the molecule is CC(C)(C#N)CN=C(N)Nc1ccccc1OC(F)(F)F.I. The molecule has 1 rings (SSSR count). The van der Waals surface area contributed by atoms with Gasteiger partial charge in [0, 0.05) is 0 Å². The number of hydrogen-bond acceptors (Lipinski definition) is 3. The highest BCUT2D eigenvalue weighted by Crippen LogP contribution is 2.29.